The first-order chi connectivity index (χ1) is 11.5. The van der Waals surface area contributed by atoms with Crippen molar-refractivity contribution in [2.24, 2.45) is 0 Å². The lowest BCUT2D eigenvalue weighted by Gasteiger charge is -2.22. The van der Waals surface area contributed by atoms with Crippen molar-refractivity contribution in [1.29, 1.82) is 0 Å². The van der Waals surface area contributed by atoms with Crippen LogP contribution in [0.3, 0.4) is 0 Å². The third-order valence-corrected chi connectivity index (χ3v) is 4.13. The molecular formula is C15H21FN6O2. The maximum Gasteiger partial charge on any atom is 0.271 e. The Morgan fingerprint density at radius 1 is 1.58 bits per heavy atom. The Balaban J connectivity index is 1.57. The summed E-state index contributed by atoms with van der Waals surface area (Å²) in [7, 11) is 0. The zero-order valence-corrected chi connectivity index (χ0v) is 13.8. The standard InChI is InChI=1S/C15H21FN6O2/c1-3-11-5-13(20-19-11)15(23)17-6-12-4-10(16)7-22(12)8-14-18-9(2)24-21-14/h5,10,12H,3-4,6-8H2,1-2H3,(H,17,23)(H,19,20)/t10-,12-/m0/s1. The van der Waals surface area contributed by atoms with E-state index in [1.807, 2.05) is 11.8 Å². The molecule has 3 heterocycles. The predicted octanol–water partition coefficient (Wildman–Crippen LogP) is 1.01. The summed E-state index contributed by atoms with van der Waals surface area (Å²) in [6.45, 7) is 4.75. The molecule has 0 saturated carbocycles. The molecule has 8 nitrogen and oxygen atoms in total. The monoisotopic (exact) mass is 336 g/mol. The number of H-pyrrole nitrogens is 1. The van der Waals surface area contributed by atoms with Gasteiger partial charge in [-0.05, 0) is 18.9 Å². The molecule has 0 aliphatic carbocycles. The van der Waals surface area contributed by atoms with Crippen LogP contribution in [0.1, 0.15) is 41.2 Å². The number of aromatic nitrogens is 4. The molecule has 0 unspecified atom stereocenters. The van der Waals surface area contributed by atoms with E-state index in [1.54, 1.807) is 13.0 Å². The van der Waals surface area contributed by atoms with Gasteiger partial charge >= 0.3 is 0 Å². The lowest BCUT2D eigenvalue weighted by atomic mass is 10.2. The van der Waals surface area contributed by atoms with Crippen molar-refractivity contribution in [2.45, 2.75) is 45.4 Å². The van der Waals surface area contributed by atoms with Crippen molar-refractivity contribution in [3.63, 3.8) is 0 Å². The van der Waals surface area contributed by atoms with Gasteiger partial charge < -0.3 is 9.84 Å². The zero-order valence-electron chi connectivity index (χ0n) is 13.8. The van der Waals surface area contributed by atoms with Crippen LogP contribution in [0, 0.1) is 6.92 Å². The second kappa shape index (κ2) is 7.08. The molecule has 1 amide bonds. The molecule has 1 aliphatic rings. The SMILES string of the molecule is CCc1cc(C(=O)NC[C@@H]2C[C@H](F)CN2Cc2noc(C)n2)n[nH]1. The van der Waals surface area contributed by atoms with Crippen LogP contribution in [0.5, 0.6) is 0 Å². The van der Waals surface area contributed by atoms with Gasteiger partial charge in [0.2, 0.25) is 5.89 Å². The summed E-state index contributed by atoms with van der Waals surface area (Å²) >= 11 is 0. The van der Waals surface area contributed by atoms with Crippen molar-refractivity contribution in [3.05, 3.63) is 29.2 Å². The van der Waals surface area contributed by atoms with Crippen LogP contribution in [0.15, 0.2) is 10.6 Å². The third-order valence-electron chi connectivity index (χ3n) is 4.13. The van der Waals surface area contributed by atoms with Crippen LogP contribution < -0.4 is 5.32 Å². The molecule has 130 valence electrons. The molecule has 2 aromatic rings. The maximum absolute atomic E-state index is 13.8. The molecule has 2 atom stereocenters. The van der Waals surface area contributed by atoms with Crippen LogP contribution in [-0.2, 0) is 13.0 Å². The summed E-state index contributed by atoms with van der Waals surface area (Å²) in [6, 6.07) is 1.62. The van der Waals surface area contributed by atoms with Gasteiger partial charge in [-0.25, -0.2) is 4.39 Å². The number of nitrogens with one attached hydrogen (secondary N) is 2. The van der Waals surface area contributed by atoms with Crippen molar-refractivity contribution >= 4 is 5.91 Å². The summed E-state index contributed by atoms with van der Waals surface area (Å²) < 4.78 is 18.7. The Hall–Kier alpha value is -2.29. The van der Waals surface area contributed by atoms with Gasteiger partial charge in [0.05, 0.1) is 6.54 Å². The first kappa shape index (κ1) is 16.6. The highest BCUT2D eigenvalue weighted by Crippen LogP contribution is 2.21. The summed E-state index contributed by atoms with van der Waals surface area (Å²) in [5.74, 6) is 0.748. The van der Waals surface area contributed by atoms with E-state index >= 15 is 0 Å². The molecule has 1 saturated heterocycles. The lowest BCUT2D eigenvalue weighted by molar-refractivity contribution is 0.0934. The Morgan fingerprint density at radius 2 is 2.42 bits per heavy atom. The zero-order chi connectivity index (χ0) is 17.1. The molecule has 9 heteroatoms. The van der Waals surface area contributed by atoms with Crippen molar-refractivity contribution in [1.82, 2.24) is 30.6 Å². The van der Waals surface area contributed by atoms with Gasteiger partial charge in [-0.15, -0.1) is 0 Å². The van der Waals surface area contributed by atoms with Crippen molar-refractivity contribution in [3.8, 4) is 0 Å². The van der Waals surface area contributed by atoms with E-state index in [1.165, 1.54) is 0 Å². The molecular weight excluding hydrogens is 315 g/mol. The van der Waals surface area contributed by atoms with E-state index < -0.39 is 6.17 Å². The predicted molar refractivity (Wildman–Crippen MR) is 83.0 cm³/mol. The van der Waals surface area contributed by atoms with Gasteiger partial charge in [-0.3, -0.25) is 14.8 Å². The highest BCUT2D eigenvalue weighted by molar-refractivity contribution is 5.92. The van der Waals surface area contributed by atoms with Gasteiger partial charge in [0.1, 0.15) is 11.9 Å². The second-order valence-electron chi connectivity index (χ2n) is 5.99. The molecule has 2 N–H and O–H groups in total. The van der Waals surface area contributed by atoms with Gasteiger partial charge in [-0.2, -0.15) is 10.1 Å². The molecule has 3 rings (SSSR count). The average Bonchev–Trinajstić information content (AvgIpc) is 3.26. The highest BCUT2D eigenvalue weighted by atomic mass is 19.1. The number of carbonyl (C=O) groups excluding carboxylic acids is 1. The highest BCUT2D eigenvalue weighted by Gasteiger charge is 2.33. The lowest BCUT2D eigenvalue weighted by Crippen LogP contribution is -2.40. The van der Waals surface area contributed by atoms with Crippen LogP contribution in [-0.4, -0.2) is 56.4 Å². The number of halogens is 1. The van der Waals surface area contributed by atoms with Gasteiger partial charge in [-0.1, -0.05) is 12.1 Å². The number of amides is 1. The number of aryl methyl sites for hydroxylation is 2. The minimum Gasteiger partial charge on any atom is -0.349 e. The van der Waals surface area contributed by atoms with Crippen molar-refractivity contribution in [2.75, 3.05) is 13.1 Å². The van der Waals surface area contributed by atoms with E-state index in [9.17, 15) is 9.18 Å². The van der Waals surface area contributed by atoms with E-state index in [0.29, 0.717) is 43.5 Å². The Morgan fingerprint density at radius 3 is 3.08 bits per heavy atom. The first-order valence-electron chi connectivity index (χ1n) is 8.05. The second-order valence-corrected chi connectivity index (χ2v) is 5.99. The fourth-order valence-electron chi connectivity index (χ4n) is 2.88. The molecule has 0 aromatic carbocycles. The first-order valence-corrected chi connectivity index (χ1v) is 8.05. The Bertz CT molecular complexity index is 700. The molecule has 2 aromatic heterocycles. The molecule has 0 bridgehead atoms. The van der Waals surface area contributed by atoms with E-state index in [0.717, 1.165) is 12.1 Å². The van der Waals surface area contributed by atoms with E-state index in [-0.39, 0.29) is 11.9 Å². The van der Waals surface area contributed by atoms with E-state index in [2.05, 4.69) is 25.7 Å². The number of alkyl halides is 1. The number of rotatable bonds is 6. The summed E-state index contributed by atoms with van der Waals surface area (Å²) in [5, 5.41) is 13.5. The quantitative estimate of drug-likeness (QED) is 0.816. The van der Waals surface area contributed by atoms with Crippen LogP contribution in [0.25, 0.3) is 0 Å². The van der Waals surface area contributed by atoms with Crippen LogP contribution >= 0.6 is 0 Å². The molecule has 1 fully saturated rings. The number of carbonyl (C=O) groups is 1. The van der Waals surface area contributed by atoms with Gasteiger partial charge in [0.15, 0.2) is 5.82 Å². The summed E-state index contributed by atoms with van der Waals surface area (Å²) in [6.07, 6.45) is 0.236. The number of nitrogens with zero attached hydrogens (tertiary/aromatic N) is 4. The summed E-state index contributed by atoms with van der Waals surface area (Å²) in [4.78, 5) is 18.2. The molecule has 24 heavy (non-hydrogen) atoms. The third kappa shape index (κ3) is 3.78. The Kier molecular flexibility index (Phi) is 4.89. The summed E-state index contributed by atoms with van der Waals surface area (Å²) in [5.41, 5.74) is 1.25. The fourth-order valence-corrected chi connectivity index (χ4v) is 2.88. The molecule has 0 radical (unpaired) electrons. The largest absolute Gasteiger partial charge is 0.349 e. The maximum atomic E-state index is 13.8. The molecule has 0 spiro atoms. The normalized spacial score (nSPS) is 21.3. The number of hydrogen-bond donors (Lipinski definition) is 2. The number of likely N-dealkylation sites (tertiary alicyclic amines) is 1. The van der Waals surface area contributed by atoms with Crippen molar-refractivity contribution < 1.29 is 13.7 Å². The average molecular weight is 336 g/mol. The molecule has 1 aliphatic heterocycles. The van der Waals surface area contributed by atoms with Crippen LogP contribution in [0.4, 0.5) is 4.39 Å². The number of aromatic amines is 1. The number of hydrogen-bond acceptors (Lipinski definition) is 6. The van der Waals surface area contributed by atoms with Gasteiger partial charge in [0.25, 0.3) is 5.91 Å². The minimum absolute atomic E-state index is 0.104. The van der Waals surface area contributed by atoms with E-state index in [4.69, 9.17) is 4.52 Å². The topological polar surface area (TPSA) is 99.9 Å². The fraction of sp³-hybridized carbons (Fsp3) is 0.600. The Labute approximate surface area is 138 Å². The minimum atomic E-state index is -0.919. The van der Waals surface area contributed by atoms with Crippen LogP contribution in [0.2, 0.25) is 0 Å². The smallest absolute Gasteiger partial charge is 0.271 e. The van der Waals surface area contributed by atoms with Gasteiger partial charge in [0, 0.05) is 31.7 Å².